The Morgan fingerprint density at radius 2 is 2.05 bits per heavy atom. The monoisotopic (exact) mass is 294 g/mol. The van der Waals surface area contributed by atoms with Crippen LogP contribution in [0.3, 0.4) is 0 Å². The molecule has 2 nitrogen and oxygen atoms in total. The molecule has 1 fully saturated rings. The van der Waals surface area contributed by atoms with Crippen molar-refractivity contribution in [1.82, 2.24) is 9.55 Å². The molecule has 1 atom stereocenters. The number of halogens is 1. The molecule has 0 aliphatic heterocycles. The fourth-order valence-electron chi connectivity index (χ4n) is 3.35. The second kappa shape index (κ2) is 5.29. The average molecular weight is 295 g/mol. The van der Waals surface area contributed by atoms with E-state index in [-0.39, 0.29) is 0 Å². The molecule has 4 heteroatoms. The topological polar surface area (TPSA) is 20.7 Å². The van der Waals surface area contributed by atoms with Crippen molar-refractivity contribution in [3.63, 3.8) is 0 Å². The smallest absolute Gasteiger partial charge is 0.178 e. The van der Waals surface area contributed by atoms with Gasteiger partial charge in [-0.25, -0.2) is 0 Å². The molecule has 1 saturated carbocycles. The van der Waals surface area contributed by atoms with Crippen LogP contribution in [-0.2, 0) is 0 Å². The first kappa shape index (κ1) is 13.2. The van der Waals surface area contributed by atoms with Crippen LogP contribution < -0.4 is 0 Å². The third-order valence-electron chi connectivity index (χ3n) is 4.44. The van der Waals surface area contributed by atoms with E-state index in [0.717, 1.165) is 26.7 Å². The summed E-state index contributed by atoms with van der Waals surface area (Å²) in [5.41, 5.74) is 2.10. The lowest BCUT2D eigenvalue weighted by molar-refractivity contribution is 0.266. The number of benzene rings is 1. The van der Waals surface area contributed by atoms with Crippen LogP contribution in [0.5, 0.6) is 0 Å². The van der Waals surface area contributed by atoms with Gasteiger partial charge in [0.15, 0.2) is 4.77 Å². The van der Waals surface area contributed by atoms with E-state index in [2.05, 4.69) is 22.5 Å². The highest BCUT2D eigenvalue weighted by molar-refractivity contribution is 7.71. The standard InChI is InChI=1S/C15H19ClN2S/c1-10(11-6-3-2-4-7-11)18-13-9-5-8-12(16)14(13)17-15(18)19/h5,8-11H,2-4,6-7H2,1H3,(H,17,19). The van der Waals surface area contributed by atoms with Crippen LogP contribution in [0.1, 0.15) is 45.1 Å². The van der Waals surface area contributed by atoms with Gasteiger partial charge in [0.1, 0.15) is 0 Å². The van der Waals surface area contributed by atoms with E-state index < -0.39 is 0 Å². The van der Waals surface area contributed by atoms with Gasteiger partial charge in [-0.1, -0.05) is 36.9 Å². The Balaban J connectivity index is 2.06. The Morgan fingerprint density at radius 3 is 2.79 bits per heavy atom. The number of hydrogen-bond acceptors (Lipinski definition) is 1. The van der Waals surface area contributed by atoms with Gasteiger partial charge in [-0.05, 0) is 50.0 Å². The van der Waals surface area contributed by atoms with Crippen LogP contribution in [0.25, 0.3) is 11.0 Å². The number of nitrogens with one attached hydrogen (secondary N) is 1. The summed E-state index contributed by atoms with van der Waals surface area (Å²) in [6.45, 7) is 2.29. The summed E-state index contributed by atoms with van der Waals surface area (Å²) in [5.74, 6) is 0.735. The minimum atomic E-state index is 0.444. The lowest BCUT2D eigenvalue weighted by Crippen LogP contribution is -2.19. The van der Waals surface area contributed by atoms with Gasteiger partial charge >= 0.3 is 0 Å². The number of para-hydroxylation sites is 1. The number of hydrogen-bond donors (Lipinski definition) is 1. The number of fused-ring (bicyclic) bond motifs is 1. The maximum Gasteiger partial charge on any atom is 0.178 e. The lowest BCUT2D eigenvalue weighted by atomic mass is 9.84. The van der Waals surface area contributed by atoms with E-state index in [9.17, 15) is 0 Å². The second-order valence-electron chi connectivity index (χ2n) is 5.57. The molecule has 0 radical (unpaired) electrons. The third kappa shape index (κ3) is 2.34. The van der Waals surface area contributed by atoms with Crippen LogP contribution in [0.2, 0.25) is 5.02 Å². The highest BCUT2D eigenvalue weighted by atomic mass is 35.5. The predicted molar refractivity (Wildman–Crippen MR) is 83.4 cm³/mol. The maximum absolute atomic E-state index is 6.24. The van der Waals surface area contributed by atoms with Gasteiger partial charge in [0.25, 0.3) is 0 Å². The Bertz CT molecular complexity index is 637. The Morgan fingerprint density at radius 1 is 1.32 bits per heavy atom. The van der Waals surface area contributed by atoms with E-state index in [1.807, 2.05) is 12.1 Å². The van der Waals surface area contributed by atoms with E-state index in [1.54, 1.807) is 0 Å². The molecule has 3 rings (SSSR count). The Kier molecular flexibility index (Phi) is 3.68. The first-order valence-corrected chi connectivity index (χ1v) is 7.86. The fourth-order valence-corrected chi connectivity index (χ4v) is 3.93. The molecule has 0 spiro atoms. The van der Waals surface area contributed by atoms with Crippen molar-refractivity contribution in [2.75, 3.05) is 0 Å². The van der Waals surface area contributed by atoms with Crippen molar-refractivity contribution in [3.8, 4) is 0 Å². The molecule has 19 heavy (non-hydrogen) atoms. The van der Waals surface area contributed by atoms with Crippen molar-refractivity contribution in [2.24, 2.45) is 5.92 Å². The minimum Gasteiger partial charge on any atom is -0.329 e. The predicted octanol–water partition coefficient (Wildman–Crippen LogP) is 5.49. The van der Waals surface area contributed by atoms with Crippen LogP contribution in [0.15, 0.2) is 18.2 Å². The van der Waals surface area contributed by atoms with Crippen molar-refractivity contribution in [3.05, 3.63) is 28.0 Å². The third-order valence-corrected chi connectivity index (χ3v) is 5.05. The number of nitrogens with zero attached hydrogens (tertiary/aromatic N) is 1. The Labute approximate surface area is 123 Å². The quantitative estimate of drug-likeness (QED) is 0.726. The van der Waals surface area contributed by atoms with Gasteiger partial charge in [-0.2, -0.15) is 0 Å². The number of imidazole rings is 1. The van der Waals surface area contributed by atoms with Crippen molar-refractivity contribution >= 4 is 34.9 Å². The first-order valence-electron chi connectivity index (χ1n) is 7.07. The molecule has 1 aromatic carbocycles. The molecule has 102 valence electrons. The van der Waals surface area contributed by atoms with Gasteiger partial charge in [0, 0.05) is 6.04 Å². The van der Waals surface area contributed by atoms with Gasteiger partial charge in [0.05, 0.1) is 16.1 Å². The van der Waals surface area contributed by atoms with E-state index in [0.29, 0.717) is 6.04 Å². The zero-order valence-corrected chi connectivity index (χ0v) is 12.7. The molecular formula is C15H19ClN2S. The zero-order valence-electron chi connectivity index (χ0n) is 11.2. The van der Waals surface area contributed by atoms with Crippen LogP contribution in [0, 0.1) is 10.7 Å². The molecule has 1 heterocycles. The zero-order chi connectivity index (χ0) is 13.4. The van der Waals surface area contributed by atoms with E-state index >= 15 is 0 Å². The van der Waals surface area contributed by atoms with Gasteiger partial charge < -0.3 is 9.55 Å². The second-order valence-corrected chi connectivity index (χ2v) is 6.37. The van der Waals surface area contributed by atoms with Gasteiger partial charge in [-0.3, -0.25) is 0 Å². The normalized spacial score (nSPS) is 18.8. The molecule has 1 N–H and O–H groups in total. The largest absolute Gasteiger partial charge is 0.329 e. The van der Waals surface area contributed by atoms with Crippen molar-refractivity contribution in [2.45, 2.75) is 45.1 Å². The molecule has 1 aromatic heterocycles. The maximum atomic E-state index is 6.24. The summed E-state index contributed by atoms with van der Waals surface area (Å²) in [6, 6.07) is 6.45. The molecular weight excluding hydrogens is 276 g/mol. The highest BCUT2D eigenvalue weighted by Crippen LogP contribution is 2.35. The number of aromatic nitrogens is 2. The van der Waals surface area contributed by atoms with E-state index in [4.69, 9.17) is 23.8 Å². The average Bonchev–Trinajstić information content (AvgIpc) is 2.77. The summed E-state index contributed by atoms with van der Waals surface area (Å²) < 4.78 is 3.05. The molecule has 1 aliphatic rings. The van der Waals surface area contributed by atoms with Crippen LogP contribution >= 0.6 is 23.8 Å². The highest BCUT2D eigenvalue weighted by Gasteiger charge is 2.23. The minimum absolute atomic E-state index is 0.444. The lowest BCUT2D eigenvalue weighted by Gasteiger charge is -2.29. The first-order chi connectivity index (χ1) is 9.18. The summed E-state index contributed by atoms with van der Waals surface area (Å²) in [6.07, 6.45) is 6.72. The molecule has 2 aromatic rings. The molecule has 0 saturated heterocycles. The van der Waals surface area contributed by atoms with Gasteiger partial charge in [0.2, 0.25) is 0 Å². The number of aromatic amines is 1. The fraction of sp³-hybridized carbons (Fsp3) is 0.533. The van der Waals surface area contributed by atoms with Crippen molar-refractivity contribution in [1.29, 1.82) is 0 Å². The SMILES string of the molecule is CC(C1CCCCC1)n1c(=S)[nH]c2c(Cl)cccc21. The van der Waals surface area contributed by atoms with Gasteiger partial charge in [-0.15, -0.1) is 0 Å². The summed E-state index contributed by atoms with van der Waals surface area (Å²) >= 11 is 11.7. The number of rotatable bonds is 2. The molecule has 0 bridgehead atoms. The van der Waals surface area contributed by atoms with Crippen LogP contribution in [-0.4, -0.2) is 9.55 Å². The summed E-state index contributed by atoms with van der Waals surface area (Å²) in [7, 11) is 0. The van der Waals surface area contributed by atoms with Crippen LogP contribution in [0.4, 0.5) is 0 Å². The molecule has 1 unspecified atom stereocenters. The van der Waals surface area contributed by atoms with E-state index in [1.165, 1.54) is 32.1 Å². The summed E-state index contributed by atoms with van der Waals surface area (Å²) in [4.78, 5) is 3.26. The summed E-state index contributed by atoms with van der Waals surface area (Å²) in [5, 5.41) is 0.748. The molecule has 0 amide bonds. The molecule has 1 aliphatic carbocycles. The van der Waals surface area contributed by atoms with Crippen molar-refractivity contribution < 1.29 is 0 Å². The Hall–Kier alpha value is -0.800. The number of H-pyrrole nitrogens is 1.